The minimum atomic E-state index is -4.68. The fourth-order valence-electron chi connectivity index (χ4n) is 2.48. The third-order valence-corrected chi connectivity index (χ3v) is 4.60. The van der Waals surface area contributed by atoms with Crippen molar-refractivity contribution in [2.45, 2.75) is 19.5 Å². The number of pyridine rings is 1. The standard InChI is InChI=1S/C17H13F3N4O2S/c1-8(25)23-16-11(17(18,19)20)4-10(7-22-16)9-2-3-12-13(5-9)27-15(24-12)6-14(21)26/h2-5,7H,6H2,1H3,(H2,21,26)(H,22,23,25). The smallest absolute Gasteiger partial charge is 0.369 e. The average Bonchev–Trinajstić information content (AvgIpc) is 2.94. The highest BCUT2D eigenvalue weighted by molar-refractivity contribution is 7.18. The fourth-order valence-corrected chi connectivity index (χ4v) is 3.50. The van der Waals surface area contributed by atoms with E-state index in [0.29, 0.717) is 20.8 Å². The number of nitrogens with two attached hydrogens (primary N) is 1. The Hall–Kier alpha value is -3.01. The van der Waals surface area contributed by atoms with Crippen LogP contribution in [0.4, 0.5) is 19.0 Å². The lowest BCUT2D eigenvalue weighted by Crippen LogP contribution is -2.15. The van der Waals surface area contributed by atoms with Crippen molar-refractivity contribution < 1.29 is 22.8 Å². The van der Waals surface area contributed by atoms with Gasteiger partial charge >= 0.3 is 6.18 Å². The number of carbonyl (C=O) groups is 2. The van der Waals surface area contributed by atoms with Crippen molar-refractivity contribution in [3.63, 3.8) is 0 Å². The zero-order valence-corrected chi connectivity index (χ0v) is 14.7. The predicted octanol–water partition coefficient (Wildman–Crippen LogP) is 3.36. The molecule has 0 unspecified atom stereocenters. The van der Waals surface area contributed by atoms with Gasteiger partial charge < -0.3 is 11.1 Å². The van der Waals surface area contributed by atoms with E-state index in [2.05, 4.69) is 15.3 Å². The Morgan fingerprint density at radius 2 is 1.96 bits per heavy atom. The SMILES string of the molecule is CC(=O)Nc1ncc(-c2ccc3nc(CC(N)=O)sc3c2)cc1C(F)(F)F. The van der Waals surface area contributed by atoms with Crippen LogP contribution in [0.25, 0.3) is 21.3 Å². The molecule has 6 nitrogen and oxygen atoms in total. The molecular formula is C17H13F3N4O2S. The number of nitrogens with one attached hydrogen (secondary N) is 1. The Bertz CT molecular complexity index is 1050. The van der Waals surface area contributed by atoms with Gasteiger partial charge in [0.05, 0.1) is 22.2 Å². The second kappa shape index (κ2) is 6.95. The van der Waals surface area contributed by atoms with Gasteiger partial charge in [0.2, 0.25) is 11.8 Å². The highest BCUT2D eigenvalue weighted by atomic mass is 32.1. The maximum Gasteiger partial charge on any atom is 0.419 e. The van der Waals surface area contributed by atoms with Crippen LogP contribution in [-0.2, 0) is 22.2 Å². The molecule has 3 N–H and O–H groups in total. The highest BCUT2D eigenvalue weighted by Crippen LogP contribution is 2.37. The second-order valence-corrected chi connectivity index (χ2v) is 6.85. The summed E-state index contributed by atoms with van der Waals surface area (Å²) in [6, 6.07) is 5.88. The summed E-state index contributed by atoms with van der Waals surface area (Å²) in [5, 5.41) is 2.62. The Labute approximate surface area is 155 Å². The average molecular weight is 394 g/mol. The third kappa shape index (κ3) is 4.22. The molecule has 0 radical (unpaired) electrons. The van der Waals surface area contributed by atoms with Crippen LogP contribution >= 0.6 is 11.3 Å². The number of amides is 2. The lowest BCUT2D eigenvalue weighted by Gasteiger charge is -2.13. The molecular weight excluding hydrogens is 381 g/mol. The van der Waals surface area contributed by atoms with E-state index >= 15 is 0 Å². The maximum atomic E-state index is 13.3. The van der Waals surface area contributed by atoms with E-state index in [4.69, 9.17) is 5.73 Å². The van der Waals surface area contributed by atoms with E-state index in [1.807, 2.05) is 0 Å². The summed E-state index contributed by atoms with van der Waals surface area (Å²) in [5.41, 5.74) is 5.49. The summed E-state index contributed by atoms with van der Waals surface area (Å²) >= 11 is 1.24. The Morgan fingerprint density at radius 3 is 2.59 bits per heavy atom. The van der Waals surface area contributed by atoms with Gasteiger partial charge in [0.15, 0.2) is 0 Å². The number of fused-ring (bicyclic) bond motifs is 1. The fraction of sp³-hybridized carbons (Fsp3) is 0.176. The molecule has 0 bridgehead atoms. The van der Waals surface area contributed by atoms with Crippen LogP contribution in [0.5, 0.6) is 0 Å². The van der Waals surface area contributed by atoms with Gasteiger partial charge in [-0.05, 0) is 23.8 Å². The van der Waals surface area contributed by atoms with Gasteiger partial charge in [-0.25, -0.2) is 9.97 Å². The molecule has 2 amide bonds. The Balaban J connectivity index is 2.04. The number of benzene rings is 1. The second-order valence-electron chi connectivity index (χ2n) is 5.73. The Kier molecular flexibility index (Phi) is 4.83. The van der Waals surface area contributed by atoms with E-state index in [0.717, 1.165) is 13.0 Å². The molecule has 3 aromatic rings. The molecule has 3 rings (SSSR count). The topological polar surface area (TPSA) is 98.0 Å². The highest BCUT2D eigenvalue weighted by Gasteiger charge is 2.35. The van der Waals surface area contributed by atoms with Crippen LogP contribution in [0.2, 0.25) is 0 Å². The van der Waals surface area contributed by atoms with Crippen LogP contribution in [0.1, 0.15) is 17.5 Å². The number of rotatable bonds is 4. The molecule has 0 atom stereocenters. The number of carbonyl (C=O) groups excluding carboxylic acids is 2. The van der Waals surface area contributed by atoms with Crippen LogP contribution in [0.3, 0.4) is 0 Å². The van der Waals surface area contributed by atoms with E-state index in [-0.39, 0.29) is 12.0 Å². The number of hydrogen-bond acceptors (Lipinski definition) is 5. The molecule has 0 aliphatic heterocycles. The monoisotopic (exact) mass is 394 g/mol. The molecule has 0 fully saturated rings. The van der Waals surface area contributed by atoms with Crippen LogP contribution in [-0.4, -0.2) is 21.8 Å². The lowest BCUT2D eigenvalue weighted by atomic mass is 10.0. The van der Waals surface area contributed by atoms with E-state index in [9.17, 15) is 22.8 Å². The molecule has 2 aromatic heterocycles. The number of aromatic nitrogens is 2. The number of primary amides is 1. The van der Waals surface area contributed by atoms with Crippen LogP contribution in [0, 0.1) is 0 Å². The molecule has 27 heavy (non-hydrogen) atoms. The number of hydrogen-bond donors (Lipinski definition) is 2. The summed E-state index contributed by atoms with van der Waals surface area (Å²) in [6.45, 7) is 1.11. The Morgan fingerprint density at radius 1 is 1.22 bits per heavy atom. The molecule has 0 aliphatic rings. The van der Waals surface area contributed by atoms with E-state index < -0.39 is 29.4 Å². The van der Waals surface area contributed by atoms with Crippen molar-refractivity contribution in [1.82, 2.24) is 9.97 Å². The van der Waals surface area contributed by atoms with Crippen molar-refractivity contribution in [2.75, 3.05) is 5.32 Å². The normalized spacial score (nSPS) is 11.6. The van der Waals surface area contributed by atoms with Gasteiger partial charge in [-0.2, -0.15) is 13.2 Å². The maximum absolute atomic E-state index is 13.3. The first-order chi connectivity index (χ1) is 12.6. The number of alkyl halides is 3. The van der Waals surface area contributed by atoms with Crippen molar-refractivity contribution in [3.8, 4) is 11.1 Å². The van der Waals surface area contributed by atoms with Gasteiger partial charge in [-0.3, -0.25) is 9.59 Å². The summed E-state index contributed by atoms with van der Waals surface area (Å²) in [7, 11) is 0. The van der Waals surface area contributed by atoms with Gasteiger partial charge in [0.25, 0.3) is 0 Å². The largest absolute Gasteiger partial charge is 0.419 e. The van der Waals surface area contributed by atoms with E-state index in [1.165, 1.54) is 17.5 Å². The number of anilines is 1. The van der Waals surface area contributed by atoms with Crippen molar-refractivity contribution in [1.29, 1.82) is 0 Å². The van der Waals surface area contributed by atoms with Gasteiger partial charge in [-0.1, -0.05) is 6.07 Å². The minimum Gasteiger partial charge on any atom is -0.369 e. The number of thiazole rings is 1. The van der Waals surface area contributed by atoms with Gasteiger partial charge in [0, 0.05) is 18.7 Å². The number of nitrogens with zero attached hydrogens (tertiary/aromatic N) is 2. The zero-order valence-electron chi connectivity index (χ0n) is 13.9. The minimum absolute atomic E-state index is 0.000129. The lowest BCUT2D eigenvalue weighted by molar-refractivity contribution is -0.137. The molecule has 0 saturated heterocycles. The molecule has 2 heterocycles. The zero-order chi connectivity index (χ0) is 19.8. The molecule has 0 spiro atoms. The first-order valence-electron chi connectivity index (χ1n) is 7.66. The first-order valence-corrected chi connectivity index (χ1v) is 8.48. The summed E-state index contributed by atoms with van der Waals surface area (Å²) in [6.07, 6.45) is -3.42. The van der Waals surface area contributed by atoms with Crippen molar-refractivity contribution >= 4 is 39.2 Å². The predicted molar refractivity (Wildman–Crippen MR) is 95.1 cm³/mol. The number of halogens is 3. The van der Waals surface area contributed by atoms with Gasteiger partial charge in [-0.15, -0.1) is 11.3 Å². The van der Waals surface area contributed by atoms with E-state index in [1.54, 1.807) is 18.2 Å². The van der Waals surface area contributed by atoms with Crippen LogP contribution in [0.15, 0.2) is 30.5 Å². The molecule has 0 saturated carbocycles. The molecule has 0 aliphatic carbocycles. The molecule has 1 aromatic carbocycles. The van der Waals surface area contributed by atoms with Crippen molar-refractivity contribution in [3.05, 3.63) is 41.0 Å². The molecule has 10 heteroatoms. The quantitative estimate of drug-likeness (QED) is 0.709. The van der Waals surface area contributed by atoms with Crippen LogP contribution < -0.4 is 11.1 Å². The summed E-state index contributed by atoms with van der Waals surface area (Å²) < 4.78 is 40.7. The first kappa shape index (κ1) is 18.8. The van der Waals surface area contributed by atoms with Crippen molar-refractivity contribution in [2.24, 2.45) is 5.73 Å². The molecule has 140 valence electrons. The van der Waals surface area contributed by atoms with Gasteiger partial charge in [0.1, 0.15) is 10.8 Å². The summed E-state index contributed by atoms with van der Waals surface area (Å²) in [5.74, 6) is -1.70. The summed E-state index contributed by atoms with van der Waals surface area (Å²) in [4.78, 5) is 30.2. The third-order valence-electron chi connectivity index (χ3n) is 3.58.